The van der Waals surface area contributed by atoms with Crippen LogP contribution in [0.15, 0.2) is 36.5 Å². The van der Waals surface area contributed by atoms with Crippen LogP contribution in [-0.4, -0.2) is 27.3 Å². The molecule has 1 aliphatic rings. The van der Waals surface area contributed by atoms with Crippen LogP contribution in [-0.2, 0) is 24.5 Å². The quantitative estimate of drug-likeness (QED) is 0.746. The van der Waals surface area contributed by atoms with Gasteiger partial charge >= 0.3 is 0 Å². The molecule has 0 saturated carbocycles. The molecule has 27 heavy (non-hydrogen) atoms. The average Bonchev–Trinajstić information content (AvgIpc) is 3.18. The number of halogens is 1. The first-order valence-corrected chi connectivity index (χ1v) is 9.13. The number of pyridine rings is 2. The molecule has 0 aliphatic carbocycles. The molecular weight excluding hydrogens is 364 g/mol. The van der Waals surface area contributed by atoms with Gasteiger partial charge in [-0.05, 0) is 42.8 Å². The SMILES string of the molecule is CCN(Cc1ccc(Cl)cn1)C(=O)c1ccc2nc(N)c3c(c2c1)COC3. The molecule has 4 rings (SSSR count). The van der Waals surface area contributed by atoms with Crippen molar-refractivity contribution in [3.8, 4) is 0 Å². The van der Waals surface area contributed by atoms with Crippen LogP contribution in [0.2, 0.25) is 5.02 Å². The van der Waals surface area contributed by atoms with E-state index < -0.39 is 0 Å². The normalized spacial score (nSPS) is 13.0. The van der Waals surface area contributed by atoms with Gasteiger partial charge < -0.3 is 15.4 Å². The molecular formula is C20H19ClN4O2. The molecule has 0 saturated heterocycles. The molecule has 138 valence electrons. The highest BCUT2D eigenvalue weighted by atomic mass is 35.5. The van der Waals surface area contributed by atoms with E-state index in [2.05, 4.69) is 9.97 Å². The van der Waals surface area contributed by atoms with E-state index in [1.807, 2.05) is 25.1 Å². The Bertz CT molecular complexity index is 1020. The standard InChI is InChI=1S/C20H19ClN4O2/c1-2-25(9-14-5-4-13(21)8-23-14)20(26)12-3-6-18-15(7-12)16-10-27-11-17(16)19(22)24-18/h3-8H,2,9-11H2,1H3,(H2,22,24). The molecule has 1 aliphatic heterocycles. The highest BCUT2D eigenvalue weighted by Gasteiger charge is 2.21. The molecule has 1 aromatic carbocycles. The maximum absolute atomic E-state index is 13.1. The zero-order chi connectivity index (χ0) is 19.0. The van der Waals surface area contributed by atoms with Crippen LogP contribution in [0.25, 0.3) is 10.9 Å². The molecule has 0 bridgehead atoms. The number of carbonyl (C=O) groups excluding carboxylic acids is 1. The van der Waals surface area contributed by atoms with Gasteiger partial charge in [0.05, 0.1) is 36.0 Å². The fourth-order valence-electron chi connectivity index (χ4n) is 3.31. The lowest BCUT2D eigenvalue weighted by Crippen LogP contribution is -2.30. The van der Waals surface area contributed by atoms with E-state index >= 15 is 0 Å². The summed E-state index contributed by atoms with van der Waals surface area (Å²) in [6.07, 6.45) is 1.59. The third-order valence-corrected chi connectivity index (χ3v) is 5.01. The van der Waals surface area contributed by atoms with E-state index in [4.69, 9.17) is 22.1 Å². The summed E-state index contributed by atoms with van der Waals surface area (Å²) in [7, 11) is 0. The van der Waals surface area contributed by atoms with Gasteiger partial charge in [-0.2, -0.15) is 0 Å². The second-order valence-corrected chi connectivity index (χ2v) is 6.90. The van der Waals surface area contributed by atoms with E-state index in [1.54, 1.807) is 23.2 Å². The van der Waals surface area contributed by atoms with Crippen molar-refractivity contribution in [2.75, 3.05) is 12.3 Å². The Morgan fingerprint density at radius 3 is 2.81 bits per heavy atom. The largest absolute Gasteiger partial charge is 0.383 e. The second-order valence-electron chi connectivity index (χ2n) is 6.47. The van der Waals surface area contributed by atoms with Gasteiger partial charge in [0.15, 0.2) is 0 Å². The van der Waals surface area contributed by atoms with E-state index in [1.165, 1.54) is 0 Å². The summed E-state index contributed by atoms with van der Waals surface area (Å²) in [6, 6.07) is 9.12. The van der Waals surface area contributed by atoms with Gasteiger partial charge in [-0.15, -0.1) is 0 Å². The molecule has 0 unspecified atom stereocenters. The molecule has 6 nitrogen and oxygen atoms in total. The van der Waals surface area contributed by atoms with Crippen molar-refractivity contribution in [3.63, 3.8) is 0 Å². The number of fused-ring (bicyclic) bond motifs is 3. The summed E-state index contributed by atoms with van der Waals surface area (Å²) in [6.45, 7) is 3.89. The molecule has 3 heterocycles. The number of nitrogens with zero attached hydrogens (tertiary/aromatic N) is 3. The van der Waals surface area contributed by atoms with Crippen molar-refractivity contribution >= 4 is 34.2 Å². The average molecular weight is 383 g/mol. The highest BCUT2D eigenvalue weighted by molar-refractivity contribution is 6.30. The number of benzene rings is 1. The van der Waals surface area contributed by atoms with Gasteiger partial charge in [0, 0.05) is 29.3 Å². The second kappa shape index (κ2) is 7.13. The van der Waals surface area contributed by atoms with Crippen LogP contribution in [0, 0.1) is 0 Å². The van der Waals surface area contributed by atoms with Crippen molar-refractivity contribution in [3.05, 3.63) is 63.9 Å². The summed E-state index contributed by atoms with van der Waals surface area (Å²) in [4.78, 5) is 23.5. The number of nitrogen functional groups attached to an aromatic ring is 1. The van der Waals surface area contributed by atoms with Gasteiger partial charge in [-0.3, -0.25) is 9.78 Å². The van der Waals surface area contributed by atoms with Gasteiger partial charge in [-0.25, -0.2) is 4.98 Å². The Morgan fingerprint density at radius 2 is 2.07 bits per heavy atom. The third kappa shape index (κ3) is 3.34. The molecule has 0 radical (unpaired) electrons. The number of hydrogen-bond acceptors (Lipinski definition) is 5. The van der Waals surface area contributed by atoms with Gasteiger partial charge in [0.1, 0.15) is 5.82 Å². The van der Waals surface area contributed by atoms with E-state index in [0.29, 0.717) is 42.7 Å². The minimum absolute atomic E-state index is 0.0550. The summed E-state index contributed by atoms with van der Waals surface area (Å²) in [5, 5.41) is 1.49. The minimum Gasteiger partial charge on any atom is -0.383 e. The number of nitrogens with two attached hydrogens (primary N) is 1. The van der Waals surface area contributed by atoms with Gasteiger partial charge in [0.25, 0.3) is 5.91 Å². The zero-order valence-electron chi connectivity index (χ0n) is 14.9. The Hall–Kier alpha value is -2.70. The molecule has 0 fully saturated rings. The monoisotopic (exact) mass is 382 g/mol. The number of anilines is 1. The number of amides is 1. The molecule has 0 spiro atoms. The Kier molecular flexibility index (Phi) is 4.68. The van der Waals surface area contributed by atoms with E-state index in [0.717, 1.165) is 27.7 Å². The zero-order valence-corrected chi connectivity index (χ0v) is 15.7. The van der Waals surface area contributed by atoms with Crippen LogP contribution in [0.4, 0.5) is 5.82 Å². The van der Waals surface area contributed by atoms with Crippen molar-refractivity contribution in [1.29, 1.82) is 0 Å². The Labute approximate surface area is 161 Å². The summed E-state index contributed by atoms with van der Waals surface area (Å²) >= 11 is 5.89. The topological polar surface area (TPSA) is 81.3 Å². The Balaban J connectivity index is 1.67. The van der Waals surface area contributed by atoms with E-state index in [9.17, 15) is 4.79 Å². The first-order valence-electron chi connectivity index (χ1n) is 8.75. The van der Waals surface area contributed by atoms with Crippen LogP contribution < -0.4 is 5.73 Å². The fourth-order valence-corrected chi connectivity index (χ4v) is 3.42. The van der Waals surface area contributed by atoms with Crippen LogP contribution in [0.1, 0.15) is 34.1 Å². The van der Waals surface area contributed by atoms with Crippen LogP contribution >= 0.6 is 11.6 Å². The van der Waals surface area contributed by atoms with Crippen molar-refractivity contribution < 1.29 is 9.53 Å². The highest BCUT2D eigenvalue weighted by Crippen LogP contribution is 2.31. The minimum atomic E-state index is -0.0550. The maximum Gasteiger partial charge on any atom is 0.254 e. The smallest absolute Gasteiger partial charge is 0.254 e. The van der Waals surface area contributed by atoms with Crippen molar-refractivity contribution in [1.82, 2.24) is 14.9 Å². The number of ether oxygens (including phenoxy) is 1. The lowest BCUT2D eigenvalue weighted by Gasteiger charge is -2.21. The summed E-state index contributed by atoms with van der Waals surface area (Å²) < 4.78 is 5.53. The number of rotatable bonds is 4. The van der Waals surface area contributed by atoms with E-state index in [-0.39, 0.29) is 5.91 Å². The lowest BCUT2D eigenvalue weighted by atomic mass is 10.0. The summed E-state index contributed by atoms with van der Waals surface area (Å²) in [5.41, 5.74) is 10.1. The molecule has 0 atom stereocenters. The first kappa shape index (κ1) is 17.7. The fraction of sp³-hybridized carbons (Fsp3) is 0.250. The predicted molar refractivity (Wildman–Crippen MR) is 104 cm³/mol. The van der Waals surface area contributed by atoms with Crippen LogP contribution in [0.5, 0.6) is 0 Å². The third-order valence-electron chi connectivity index (χ3n) is 4.79. The Morgan fingerprint density at radius 1 is 1.26 bits per heavy atom. The lowest BCUT2D eigenvalue weighted by molar-refractivity contribution is 0.0751. The number of carbonyl (C=O) groups is 1. The predicted octanol–water partition coefficient (Wildman–Crippen LogP) is 3.56. The molecule has 3 aromatic rings. The molecule has 1 amide bonds. The van der Waals surface area contributed by atoms with Gasteiger partial charge in [0.2, 0.25) is 0 Å². The molecule has 2 N–H and O–H groups in total. The molecule has 7 heteroatoms. The van der Waals surface area contributed by atoms with Crippen molar-refractivity contribution in [2.24, 2.45) is 0 Å². The van der Waals surface area contributed by atoms with Crippen molar-refractivity contribution in [2.45, 2.75) is 26.7 Å². The number of aromatic nitrogens is 2. The van der Waals surface area contributed by atoms with Gasteiger partial charge in [-0.1, -0.05) is 11.6 Å². The molecule has 2 aromatic heterocycles. The maximum atomic E-state index is 13.1. The first-order chi connectivity index (χ1) is 13.1. The van der Waals surface area contributed by atoms with Crippen LogP contribution in [0.3, 0.4) is 0 Å². The number of hydrogen-bond donors (Lipinski definition) is 1. The summed E-state index contributed by atoms with van der Waals surface area (Å²) in [5.74, 6) is 0.443.